The van der Waals surface area contributed by atoms with Crippen molar-refractivity contribution >= 4 is 42.4 Å². The molecule has 70 heavy (non-hydrogen) atoms. The molecule has 9 rings (SSSR count). The molecule has 0 radical (unpaired) electrons. The first-order valence-corrected chi connectivity index (χ1v) is 24.0. The summed E-state index contributed by atoms with van der Waals surface area (Å²) in [5, 5.41) is 0. The number of Topliss-reactive ketones (excluding diaryl/α,β-unsaturated/α-hetero) is 2. The smallest absolute Gasteiger partial charge is 0.258 e. The van der Waals surface area contributed by atoms with E-state index in [1.54, 1.807) is 24.3 Å². The van der Waals surface area contributed by atoms with Crippen LogP contribution in [-0.2, 0) is 11.2 Å². The van der Waals surface area contributed by atoms with E-state index in [4.69, 9.17) is 4.74 Å². The Bertz CT molecular complexity index is 2900. The number of hydrogen-bond donors (Lipinski definition) is 0. The topological polar surface area (TPSA) is 66.9 Å². The minimum absolute atomic E-state index is 0.00174. The van der Waals surface area contributed by atoms with Crippen LogP contribution in [0.4, 0.5) is 36.6 Å². The third-order valence-electron chi connectivity index (χ3n) is 10.3. The summed E-state index contributed by atoms with van der Waals surface area (Å²) < 4.78 is 65.5. The number of benzene rings is 8. The van der Waals surface area contributed by atoms with Crippen LogP contribution < -0.4 is 9.80 Å². The summed E-state index contributed by atoms with van der Waals surface area (Å²) in [4.78, 5) is 41.0. The molecule has 0 bridgehead atoms. The minimum atomic E-state index is -10.7. The van der Waals surface area contributed by atoms with Crippen LogP contribution in [0.25, 0.3) is 5.76 Å². The summed E-state index contributed by atoms with van der Waals surface area (Å²) in [6.07, 6.45) is 3.33. The Morgan fingerprint density at radius 1 is 0.471 bits per heavy atom. The normalized spacial score (nSPS) is 13.6. The van der Waals surface area contributed by atoms with Crippen LogP contribution in [0, 0.1) is 0 Å². The number of nitrogens with zero attached hydrogens (tertiary/aromatic N) is 2. The van der Waals surface area contributed by atoms with Gasteiger partial charge in [0, 0.05) is 45.6 Å². The van der Waals surface area contributed by atoms with Gasteiger partial charge in [0.1, 0.15) is 5.76 Å². The molecule has 0 aromatic heterocycles. The van der Waals surface area contributed by atoms with E-state index in [-0.39, 0.29) is 30.2 Å². The molecule has 13 heteroatoms. The first-order chi connectivity index (χ1) is 33.5. The first kappa shape index (κ1) is 51.3. The van der Waals surface area contributed by atoms with Crippen molar-refractivity contribution in [2.45, 2.75) is 19.1 Å². The summed E-state index contributed by atoms with van der Waals surface area (Å²) in [6, 6.07) is 77.7. The fourth-order valence-electron chi connectivity index (χ4n) is 6.96. The van der Waals surface area contributed by atoms with Crippen molar-refractivity contribution in [2.24, 2.45) is 0 Å². The molecule has 8 aromatic rings. The molecule has 0 fully saturated rings. The molecule has 0 saturated heterocycles. The van der Waals surface area contributed by atoms with Gasteiger partial charge in [-0.1, -0.05) is 206 Å². The number of ketones is 2. The molecule has 1 aliphatic heterocycles. The molecule has 0 N–H and O–H groups in total. The number of rotatable bonds is 12. The average Bonchev–Trinajstić information content (AvgIpc) is 3.85. The third-order valence-corrected chi connectivity index (χ3v) is 10.3. The molecule has 1 amide bonds. The number of halogens is 6. The van der Waals surface area contributed by atoms with Gasteiger partial charge in [0.2, 0.25) is 6.23 Å². The van der Waals surface area contributed by atoms with E-state index in [9.17, 15) is 39.6 Å². The van der Waals surface area contributed by atoms with Gasteiger partial charge >= 0.3 is 33.0 Å². The van der Waals surface area contributed by atoms with E-state index in [2.05, 4.69) is 59.6 Å². The zero-order chi connectivity index (χ0) is 49.9. The Morgan fingerprint density at radius 3 is 1.34 bits per heavy atom. The van der Waals surface area contributed by atoms with Crippen LogP contribution in [0.15, 0.2) is 249 Å². The van der Waals surface area contributed by atoms with Gasteiger partial charge in [0.25, 0.3) is 5.91 Å². The van der Waals surface area contributed by atoms with Crippen molar-refractivity contribution in [3.8, 4) is 0 Å². The SMILES string of the molecule is C1=C(c2ccccc2)OC(c2ccccc2)N1c1ccccc1.F[P-](F)(F)(F)(F)F.O=C(CCc1ccccc1)c1ccccc1.O=C(CN(C(=O)c1ccccc1)c1ccccc1)c1ccccc1. The number of carbonyl (C=O) groups excluding carboxylic acids is 3. The van der Waals surface area contributed by atoms with Crippen LogP contribution in [0.5, 0.6) is 0 Å². The van der Waals surface area contributed by atoms with E-state index in [0.29, 0.717) is 23.2 Å². The number of aryl methyl sites for hydroxylation is 1. The van der Waals surface area contributed by atoms with E-state index in [0.717, 1.165) is 34.6 Å². The van der Waals surface area contributed by atoms with Gasteiger partial charge < -0.3 is 14.5 Å². The summed E-state index contributed by atoms with van der Waals surface area (Å²) >= 11 is 0. The Hall–Kier alpha value is -8.08. The van der Waals surface area contributed by atoms with E-state index in [1.165, 1.54) is 10.5 Å². The number of amides is 1. The quantitative estimate of drug-likeness (QED) is 0.0693. The molecule has 6 nitrogen and oxygen atoms in total. The third kappa shape index (κ3) is 17.5. The van der Waals surface area contributed by atoms with Gasteiger partial charge in [0.15, 0.2) is 11.6 Å². The molecule has 0 saturated carbocycles. The molecule has 1 atom stereocenters. The van der Waals surface area contributed by atoms with E-state index in [1.807, 2.05) is 170 Å². The number of ether oxygens (including phenoxy) is 1. The standard InChI is InChI=1S/C21H17NO2.C21H17NO.C15H14O.F6P/c23-20(17-10-4-1-5-11-17)16-22(19-14-8-3-9-15-19)21(24)18-12-6-2-7-13-18;1-4-10-17(11-5-1)20-16-22(19-14-8-3-9-15-19)21(23-20)18-12-6-2-7-13-18;16-15(14-9-5-2-6-10-14)12-11-13-7-3-1-4-8-13;1-7(2,3,4,5)6/h1-15H,16H2;1-16,21H;1-10H,11-12H2;/q;;;-1. The van der Waals surface area contributed by atoms with Crippen LogP contribution in [0.1, 0.15) is 60.4 Å². The predicted octanol–water partition coefficient (Wildman–Crippen LogP) is 16.3. The van der Waals surface area contributed by atoms with Gasteiger partial charge in [0.05, 0.1) is 12.7 Å². The summed E-state index contributed by atoms with van der Waals surface area (Å²) in [5.41, 5.74) is 7.22. The summed E-state index contributed by atoms with van der Waals surface area (Å²) in [7, 11) is -10.7. The Kier molecular flexibility index (Phi) is 17.1. The largest absolute Gasteiger partial charge is 0.301 e. The molecule has 0 aliphatic carbocycles. The van der Waals surface area contributed by atoms with Crippen molar-refractivity contribution in [3.63, 3.8) is 0 Å². The zero-order valence-electron chi connectivity index (χ0n) is 37.6. The van der Waals surface area contributed by atoms with E-state index < -0.39 is 7.81 Å². The predicted molar refractivity (Wildman–Crippen MR) is 268 cm³/mol. The fraction of sp³-hybridized carbons (Fsp3) is 0.0702. The number of carbonyl (C=O) groups is 3. The maximum Gasteiger partial charge on any atom is 0.258 e. The fourth-order valence-corrected chi connectivity index (χ4v) is 6.96. The van der Waals surface area contributed by atoms with Crippen molar-refractivity contribution in [3.05, 3.63) is 282 Å². The van der Waals surface area contributed by atoms with Gasteiger partial charge in [-0.05, 0) is 48.4 Å². The second-order valence-electron chi connectivity index (χ2n) is 15.6. The van der Waals surface area contributed by atoms with Crippen molar-refractivity contribution in [1.29, 1.82) is 0 Å². The van der Waals surface area contributed by atoms with E-state index >= 15 is 0 Å². The average molecular weight is 970 g/mol. The Morgan fingerprint density at radius 2 is 0.857 bits per heavy atom. The van der Waals surface area contributed by atoms with Gasteiger partial charge in [-0.15, -0.1) is 0 Å². The molecular weight excluding hydrogens is 922 g/mol. The molecule has 1 unspecified atom stereocenters. The molecule has 358 valence electrons. The molecule has 0 spiro atoms. The summed E-state index contributed by atoms with van der Waals surface area (Å²) in [5.74, 6) is 0.822. The van der Waals surface area contributed by atoms with Crippen molar-refractivity contribution in [2.75, 3.05) is 16.3 Å². The second-order valence-corrected chi connectivity index (χ2v) is 17.5. The van der Waals surface area contributed by atoms with Gasteiger partial charge in [-0.2, -0.15) is 0 Å². The second kappa shape index (κ2) is 23.3. The summed E-state index contributed by atoms with van der Waals surface area (Å²) in [6.45, 7) is 0.00174. The maximum atomic E-state index is 12.9. The monoisotopic (exact) mass is 969 g/mol. The van der Waals surface area contributed by atoms with Crippen molar-refractivity contribution in [1.82, 2.24) is 0 Å². The Balaban J connectivity index is 0.000000164. The number of para-hydroxylation sites is 2. The number of hydrogen-bond acceptors (Lipinski definition) is 5. The van der Waals surface area contributed by atoms with Gasteiger partial charge in [-0.25, -0.2) is 0 Å². The minimum Gasteiger partial charge on any atom is -0.301 e. The number of anilines is 2. The van der Waals surface area contributed by atoms with Crippen LogP contribution in [-0.4, -0.2) is 24.0 Å². The molecule has 1 aliphatic rings. The van der Waals surface area contributed by atoms with Crippen LogP contribution in [0.2, 0.25) is 0 Å². The van der Waals surface area contributed by atoms with Gasteiger partial charge in [-0.3, -0.25) is 14.4 Å². The molecule has 1 heterocycles. The molecule has 8 aromatic carbocycles. The zero-order valence-corrected chi connectivity index (χ0v) is 38.5. The van der Waals surface area contributed by atoms with Crippen molar-refractivity contribution < 1.29 is 44.3 Å². The van der Waals surface area contributed by atoms with Crippen LogP contribution in [0.3, 0.4) is 0 Å². The molecular formula is C57H48F6N2O4P-. The maximum absolute atomic E-state index is 12.9. The van der Waals surface area contributed by atoms with Crippen LogP contribution >= 0.6 is 7.81 Å². The first-order valence-electron chi connectivity index (χ1n) is 22.0. The Labute approximate surface area is 403 Å².